The van der Waals surface area contributed by atoms with Crippen LogP contribution in [0.1, 0.15) is 30.9 Å². The average molecular weight is 309 g/mol. The molecule has 1 aromatic rings. The van der Waals surface area contributed by atoms with Crippen LogP contribution in [0, 0.1) is 24.7 Å². The normalized spacial score (nSPS) is 19.4. The molecule has 0 spiro atoms. The summed E-state index contributed by atoms with van der Waals surface area (Å²) in [5.41, 5.74) is 7.07. The fraction of sp³-hybridized carbons (Fsp3) is 0.533. The molecule has 116 valence electrons. The number of hydrogen-bond acceptors (Lipinski definition) is 3. The van der Waals surface area contributed by atoms with Gasteiger partial charge in [0, 0.05) is 18.5 Å². The quantitative estimate of drug-likeness (QED) is 0.661. The Bertz CT molecular complexity index is 659. The van der Waals surface area contributed by atoms with Crippen LogP contribution in [0.15, 0.2) is 23.1 Å². The summed E-state index contributed by atoms with van der Waals surface area (Å²) in [4.78, 5) is 0.375. The van der Waals surface area contributed by atoms with Crippen molar-refractivity contribution in [2.45, 2.75) is 38.5 Å². The Morgan fingerprint density at radius 1 is 1.29 bits per heavy atom. The van der Waals surface area contributed by atoms with Crippen LogP contribution in [0.2, 0.25) is 0 Å². The number of nitrogens with two attached hydrogens (primary N) is 1. The van der Waals surface area contributed by atoms with Crippen LogP contribution in [-0.2, 0) is 10.0 Å². The molecule has 0 aliphatic carbocycles. The van der Waals surface area contributed by atoms with Crippen LogP contribution in [0.5, 0.6) is 0 Å². The lowest BCUT2D eigenvalue weighted by atomic mass is 9.80. The second-order valence-electron chi connectivity index (χ2n) is 6.15. The van der Waals surface area contributed by atoms with Crippen LogP contribution in [0.3, 0.4) is 0 Å². The fourth-order valence-corrected chi connectivity index (χ4v) is 4.36. The lowest BCUT2D eigenvalue weighted by Crippen LogP contribution is -2.47. The van der Waals surface area contributed by atoms with E-state index >= 15 is 0 Å². The summed E-state index contributed by atoms with van der Waals surface area (Å²) >= 11 is 0. The van der Waals surface area contributed by atoms with E-state index in [9.17, 15) is 8.42 Å². The molecule has 1 aromatic carbocycles. The van der Waals surface area contributed by atoms with Crippen LogP contribution in [0.25, 0.3) is 0 Å². The number of benzene rings is 1. The third-order valence-corrected chi connectivity index (χ3v) is 6.48. The van der Waals surface area contributed by atoms with Crippen LogP contribution < -0.4 is 5.73 Å². The molecule has 0 radical (unpaired) electrons. The predicted octanol–water partition coefficient (Wildman–Crippen LogP) is 2.03. The maximum atomic E-state index is 12.7. The van der Waals surface area contributed by atoms with Crippen molar-refractivity contribution in [3.63, 3.8) is 0 Å². The van der Waals surface area contributed by atoms with Gasteiger partial charge in [-0.15, -0.1) is 0 Å². The number of nitrogens with zero attached hydrogens (tertiary/aromatic N) is 1. The molecule has 2 rings (SSSR count). The first kappa shape index (κ1) is 16.0. The maximum absolute atomic E-state index is 12.7. The highest BCUT2D eigenvalue weighted by Crippen LogP contribution is 2.33. The van der Waals surface area contributed by atoms with Gasteiger partial charge < -0.3 is 5.73 Å². The smallest absolute Gasteiger partial charge is 0.243 e. The summed E-state index contributed by atoms with van der Waals surface area (Å²) in [6.45, 7) is 6.51. The first-order valence-corrected chi connectivity index (χ1v) is 8.53. The van der Waals surface area contributed by atoms with Gasteiger partial charge in [-0.2, -0.15) is 4.31 Å². The lowest BCUT2D eigenvalue weighted by molar-refractivity contribution is 0.240. The Balaban J connectivity index is 2.25. The van der Waals surface area contributed by atoms with E-state index in [1.165, 1.54) is 4.31 Å². The molecule has 0 saturated carbocycles. The van der Waals surface area contributed by atoms with E-state index in [2.05, 4.69) is 0 Å². The molecule has 0 aromatic heterocycles. The zero-order chi connectivity index (χ0) is 15.8. The van der Waals surface area contributed by atoms with Gasteiger partial charge in [-0.3, -0.25) is 5.41 Å². The molecular weight excluding hydrogens is 286 g/mol. The SMILES string of the molecule is Cc1ccc(S(=O)(=O)N2CCC(C)(C(=N)N)CC2)c(C)c1. The van der Waals surface area contributed by atoms with Crippen molar-refractivity contribution in [3.05, 3.63) is 29.3 Å². The second kappa shape index (κ2) is 5.42. The monoisotopic (exact) mass is 309 g/mol. The molecule has 0 unspecified atom stereocenters. The summed E-state index contributed by atoms with van der Waals surface area (Å²) in [6, 6.07) is 5.39. The van der Waals surface area contributed by atoms with E-state index in [1.54, 1.807) is 6.07 Å². The van der Waals surface area contributed by atoms with Crippen molar-refractivity contribution >= 4 is 15.9 Å². The van der Waals surface area contributed by atoms with Gasteiger partial charge in [-0.05, 0) is 38.3 Å². The van der Waals surface area contributed by atoms with Gasteiger partial charge in [0.15, 0.2) is 0 Å². The largest absolute Gasteiger partial charge is 0.387 e. The van der Waals surface area contributed by atoms with E-state index in [0.717, 1.165) is 11.1 Å². The van der Waals surface area contributed by atoms with Crippen molar-refractivity contribution in [2.75, 3.05) is 13.1 Å². The maximum Gasteiger partial charge on any atom is 0.243 e. The Hall–Kier alpha value is -1.40. The Labute approximate surface area is 126 Å². The first-order valence-electron chi connectivity index (χ1n) is 7.09. The third-order valence-electron chi connectivity index (χ3n) is 4.42. The highest BCUT2D eigenvalue weighted by Gasteiger charge is 2.37. The second-order valence-corrected chi connectivity index (χ2v) is 8.05. The van der Waals surface area contributed by atoms with E-state index in [4.69, 9.17) is 11.1 Å². The molecule has 5 nitrogen and oxygen atoms in total. The molecule has 21 heavy (non-hydrogen) atoms. The van der Waals surface area contributed by atoms with Crippen LogP contribution in [-0.4, -0.2) is 31.6 Å². The molecule has 0 atom stereocenters. The van der Waals surface area contributed by atoms with Gasteiger partial charge in [0.05, 0.1) is 10.7 Å². The number of nitrogens with one attached hydrogen (secondary N) is 1. The molecular formula is C15H23N3O2S. The summed E-state index contributed by atoms with van der Waals surface area (Å²) in [5.74, 6) is 0.145. The number of amidine groups is 1. The molecule has 0 amide bonds. The molecule has 1 fully saturated rings. The molecule has 0 bridgehead atoms. The average Bonchev–Trinajstić information content (AvgIpc) is 2.38. The van der Waals surface area contributed by atoms with E-state index in [0.29, 0.717) is 30.8 Å². The fourth-order valence-electron chi connectivity index (χ4n) is 2.72. The van der Waals surface area contributed by atoms with Gasteiger partial charge in [-0.1, -0.05) is 24.6 Å². The topological polar surface area (TPSA) is 87.2 Å². The summed E-state index contributed by atoms with van der Waals surface area (Å²) in [6.07, 6.45) is 1.18. The minimum Gasteiger partial charge on any atom is -0.387 e. The summed E-state index contributed by atoms with van der Waals surface area (Å²) in [5, 5.41) is 7.64. The Kier molecular flexibility index (Phi) is 4.13. The van der Waals surface area contributed by atoms with Crippen LogP contribution in [0.4, 0.5) is 0 Å². The van der Waals surface area contributed by atoms with Crippen molar-refractivity contribution < 1.29 is 8.42 Å². The highest BCUT2D eigenvalue weighted by molar-refractivity contribution is 7.89. The lowest BCUT2D eigenvalue weighted by Gasteiger charge is -2.38. The third kappa shape index (κ3) is 2.96. The number of hydrogen-bond donors (Lipinski definition) is 2. The van der Waals surface area contributed by atoms with E-state index < -0.39 is 10.0 Å². The van der Waals surface area contributed by atoms with Crippen molar-refractivity contribution in [1.82, 2.24) is 4.31 Å². The minimum absolute atomic E-state index is 0.145. The number of piperidine rings is 1. The molecule has 1 aliphatic rings. The van der Waals surface area contributed by atoms with Crippen molar-refractivity contribution in [2.24, 2.45) is 11.1 Å². The first-order chi connectivity index (χ1) is 9.67. The van der Waals surface area contributed by atoms with Crippen LogP contribution >= 0.6 is 0 Å². The highest BCUT2D eigenvalue weighted by atomic mass is 32.2. The minimum atomic E-state index is -3.46. The molecule has 6 heteroatoms. The molecule has 1 heterocycles. The zero-order valence-corrected chi connectivity index (χ0v) is 13.6. The molecule has 1 aliphatic heterocycles. The van der Waals surface area contributed by atoms with Gasteiger partial charge >= 0.3 is 0 Å². The Morgan fingerprint density at radius 3 is 2.33 bits per heavy atom. The van der Waals surface area contributed by atoms with Gasteiger partial charge in [0.2, 0.25) is 10.0 Å². The van der Waals surface area contributed by atoms with Crippen molar-refractivity contribution in [1.29, 1.82) is 5.41 Å². The molecule has 3 N–H and O–H groups in total. The van der Waals surface area contributed by atoms with Crippen molar-refractivity contribution in [3.8, 4) is 0 Å². The zero-order valence-electron chi connectivity index (χ0n) is 12.8. The summed E-state index contributed by atoms with van der Waals surface area (Å²) in [7, 11) is -3.46. The molecule has 1 saturated heterocycles. The van der Waals surface area contributed by atoms with Gasteiger partial charge in [0.1, 0.15) is 0 Å². The van der Waals surface area contributed by atoms with E-state index in [1.807, 2.05) is 32.9 Å². The Morgan fingerprint density at radius 2 is 1.86 bits per heavy atom. The number of rotatable bonds is 3. The summed E-state index contributed by atoms with van der Waals surface area (Å²) < 4.78 is 27.0. The standard InChI is InChI=1S/C15H23N3O2S/c1-11-4-5-13(12(2)10-11)21(19,20)18-8-6-15(3,7-9-18)14(16)17/h4-5,10H,6-9H2,1-3H3,(H3,16,17). The number of aryl methyl sites for hydroxylation is 2. The number of sulfonamides is 1. The van der Waals surface area contributed by atoms with E-state index in [-0.39, 0.29) is 11.3 Å². The van der Waals surface area contributed by atoms with Gasteiger partial charge in [0.25, 0.3) is 0 Å². The predicted molar refractivity (Wildman–Crippen MR) is 83.9 cm³/mol. The van der Waals surface area contributed by atoms with Gasteiger partial charge in [-0.25, -0.2) is 8.42 Å².